The number of rotatable bonds is 7. The lowest BCUT2D eigenvalue weighted by molar-refractivity contribution is 0.103. The summed E-state index contributed by atoms with van der Waals surface area (Å²) >= 11 is 0. The molecule has 6 nitrogen and oxygen atoms in total. The van der Waals surface area contributed by atoms with E-state index in [0.29, 0.717) is 45.6 Å². The summed E-state index contributed by atoms with van der Waals surface area (Å²) in [5.74, 6) is 2.67. The summed E-state index contributed by atoms with van der Waals surface area (Å²) in [7, 11) is 6.18. The Morgan fingerprint density at radius 2 is 1.30 bits per heavy atom. The first-order chi connectivity index (χ1) is 14.5. The molecule has 2 aromatic rings. The average molecular weight is 408 g/mol. The third-order valence-corrected chi connectivity index (χ3v) is 4.58. The van der Waals surface area contributed by atoms with Gasteiger partial charge in [-0.1, -0.05) is 12.1 Å². The van der Waals surface area contributed by atoms with Crippen molar-refractivity contribution in [2.75, 3.05) is 28.4 Å². The van der Waals surface area contributed by atoms with E-state index in [1.54, 1.807) is 38.5 Å². The van der Waals surface area contributed by atoms with Gasteiger partial charge >= 0.3 is 0 Å². The Hall–Kier alpha value is -3.67. The predicted octanol–water partition coefficient (Wildman–Crippen LogP) is 4.81. The molecule has 0 aromatic heterocycles. The van der Waals surface area contributed by atoms with Crippen molar-refractivity contribution in [3.63, 3.8) is 0 Å². The Morgan fingerprint density at radius 1 is 0.800 bits per heavy atom. The van der Waals surface area contributed by atoms with E-state index < -0.39 is 0 Å². The molecule has 0 fully saturated rings. The molecule has 0 unspecified atom stereocenters. The van der Waals surface area contributed by atoms with Gasteiger partial charge in [-0.3, -0.25) is 4.79 Å². The molecule has 0 radical (unpaired) electrons. The first-order valence-corrected chi connectivity index (χ1v) is 9.28. The van der Waals surface area contributed by atoms with Crippen LogP contribution in [0.25, 0.3) is 5.76 Å². The van der Waals surface area contributed by atoms with Crippen LogP contribution >= 0.6 is 0 Å². The van der Waals surface area contributed by atoms with Gasteiger partial charge in [-0.15, -0.1) is 0 Å². The highest BCUT2D eigenvalue weighted by molar-refractivity contribution is 6.09. The van der Waals surface area contributed by atoms with Gasteiger partial charge in [-0.2, -0.15) is 0 Å². The minimum atomic E-state index is -0.295. The van der Waals surface area contributed by atoms with Gasteiger partial charge < -0.3 is 23.7 Å². The third kappa shape index (κ3) is 4.17. The zero-order valence-corrected chi connectivity index (χ0v) is 17.6. The van der Waals surface area contributed by atoms with E-state index in [9.17, 15) is 4.79 Å². The summed E-state index contributed by atoms with van der Waals surface area (Å²) in [5, 5.41) is 0. The van der Waals surface area contributed by atoms with E-state index >= 15 is 0 Å². The maximum atomic E-state index is 13.1. The van der Waals surface area contributed by atoms with Crippen LogP contribution in [0.3, 0.4) is 0 Å². The Morgan fingerprint density at radius 3 is 1.80 bits per heavy atom. The highest BCUT2D eigenvalue weighted by Gasteiger charge is 2.22. The summed E-state index contributed by atoms with van der Waals surface area (Å²) in [5.41, 5.74) is 1.91. The topological polar surface area (TPSA) is 63.2 Å². The van der Waals surface area contributed by atoms with Gasteiger partial charge in [0.15, 0.2) is 5.78 Å². The van der Waals surface area contributed by atoms with Crippen molar-refractivity contribution in [2.45, 2.75) is 6.92 Å². The number of carbonyl (C=O) groups excluding carboxylic acids is 1. The fraction of sp³-hybridized carbons (Fsp3) is 0.208. The van der Waals surface area contributed by atoms with Gasteiger partial charge in [0, 0.05) is 6.08 Å². The van der Waals surface area contributed by atoms with E-state index in [-0.39, 0.29) is 5.78 Å². The molecule has 0 spiro atoms. The number of ether oxygens (including phenoxy) is 5. The van der Waals surface area contributed by atoms with E-state index in [2.05, 4.69) is 0 Å². The van der Waals surface area contributed by atoms with Crippen LogP contribution < -0.4 is 18.9 Å². The molecule has 6 heteroatoms. The van der Waals surface area contributed by atoms with E-state index in [1.807, 2.05) is 31.2 Å². The highest BCUT2D eigenvalue weighted by atomic mass is 16.5. The molecule has 1 aliphatic rings. The standard InChI is InChI=1S/C24H24O6/c1-15-12-16(14-17(25)23-18(26-2)8-6-9-19(23)27-3)30-22(13-15)24-20(28-4)10-7-11-21(24)29-5/h6-14H,1-5H3/b16-14+. The molecule has 0 saturated heterocycles. The molecular weight excluding hydrogens is 384 g/mol. The lowest BCUT2D eigenvalue weighted by Crippen LogP contribution is -2.06. The van der Waals surface area contributed by atoms with Crippen molar-refractivity contribution >= 4 is 11.5 Å². The Labute approximate surface area is 176 Å². The second kappa shape index (κ2) is 9.22. The molecule has 156 valence electrons. The van der Waals surface area contributed by atoms with Crippen molar-refractivity contribution in [3.8, 4) is 23.0 Å². The zero-order chi connectivity index (χ0) is 21.7. The number of hydrogen-bond acceptors (Lipinski definition) is 6. The molecule has 30 heavy (non-hydrogen) atoms. The number of hydrogen-bond donors (Lipinski definition) is 0. The van der Waals surface area contributed by atoms with Crippen molar-refractivity contribution in [1.29, 1.82) is 0 Å². The van der Waals surface area contributed by atoms with Crippen LogP contribution in [0, 0.1) is 0 Å². The van der Waals surface area contributed by atoms with Crippen molar-refractivity contribution in [3.05, 3.63) is 77.1 Å². The number of ketones is 1. The first-order valence-electron chi connectivity index (χ1n) is 9.28. The molecule has 0 N–H and O–H groups in total. The first kappa shape index (κ1) is 21.0. The second-order valence-electron chi connectivity index (χ2n) is 6.49. The smallest absolute Gasteiger partial charge is 0.197 e. The van der Waals surface area contributed by atoms with Crippen LogP contribution in [0.2, 0.25) is 0 Å². The SMILES string of the molecule is COc1cccc(OC)c1C(=O)/C=C1\C=C(C)C=C(c2c(OC)cccc2OC)O1. The third-order valence-electron chi connectivity index (χ3n) is 4.58. The largest absolute Gasteiger partial charge is 0.496 e. The molecule has 1 aliphatic heterocycles. The lowest BCUT2D eigenvalue weighted by atomic mass is 10.0. The number of carbonyl (C=O) groups is 1. The summed E-state index contributed by atoms with van der Waals surface area (Å²) in [6, 6.07) is 10.7. The maximum absolute atomic E-state index is 13.1. The Bertz CT molecular complexity index is 1000. The summed E-state index contributed by atoms with van der Waals surface area (Å²) in [6.07, 6.45) is 5.07. The molecule has 0 atom stereocenters. The van der Waals surface area contributed by atoms with Gasteiger partial charge in [0.1, 0.15) is 45.6 Å². The van der Waals surface area contributed by atoms with Gasteiger partial charge in [0.05, 0.1) is 28.4 Å². The summed E-state index contributed by atoms with van der Waals surface area (Å²) < 4.78 is 27.7. The fourth-order valence-electron chi connectivity index (χ4n) is 3.24. The number of allylic oxidation sites excluding steroid dienone is 4. The average Bonchev–Trinajstić information content (AvgIpc) is 2.77. The van der Waals surface area contributed by atoms with Crippen molar-refractivity contribution < 1.29 is 28.5 Å². The minimum Gasteiger partial charge on any atom is -0.496 e. The van der Waals surface area contributed by atoms with E-state index in [1.165, 1.54) is 20.3 Å². The van der Waals surface area contributed by atoms with Gasteiger partial charge in [-0.25, -0.2) is 0 Å². The summed E-state index contributed by atoms with van der Waals surface area (Å²) in [4.78, 5) is 13.1. The van der Waals surface area contributed by atoms with Crippen LogP contribution in [-0.2, 0) is 4.74 Å². The van der Waals surface area contributed by atoms with Crippen molar-refractivity contribution in [1.82, 2.24) is 0 Å². The molecule has 0 saturated carbocycles. The van der Waals surface area contributed by atoms with Crippen LogP contribution in [0.1, 0.15) is 22.8 Å². The van der Waals surface area contributed by atoms with Crippen LogP contribution in [0.4, 0.5) is 0 Å². The normalized spacial score (nSPS) is 14.4. The monoisotopic (exact) mass is 408 g/mol. The molecule has 2 aromatic carbocycles. The molecule has 3 rings (SSSR count). The number of benzene rings is 2. The minimum absolute atomic E-state index is 0.295. The second-order valence-corrected chi connectivity index (χ2v) is 6.49. The Kier molecular flexibility index (Phi) is 6.47. The van der Waals surface area contributed by atoms with Crippen LogP contribution in [0.15, 0.2) is 66.0 Å². The van der Waals surface area contributed by atoms with Crippen molar-refractivity contribution in [2.24, 2.45) is 0 Å². The highest BCUT2D eigenvalue weighted by Crippen LogP contribution is 2.39. The van der Waals surface area contributed by atoms with Gasteiger partial charge in [0.25, 0.3) is 0 Å². The lowest BCUT2D eigenvalue weighted by Gasteiger charge is -2.20. The maximum Gasteiger partial charge on any atom is 0.197 e. The van der Waals surface area contributed by atoms with Gasteiger partial charge in [-0.05, 0) is 48.9 Å². The molecule has 0 bridgehead atoms. The predicted molar refractivity (Wildman–Crippen MR) is 114 cm³/mol. The van der Waals surface area contributed by atoms with E-state index in [0.717, 1.165) is 5.57 Å². The number of methoxy groups -OCH3 is 4. The molecule has 0 aliphatic carbocycles. The molecule has 0 amide bonds. The van der Waals surface area contributed by atoms with Crippen LogP contribution in [0.5, 0.6) is 23.0 Å². The Balaban J connectivity index is 2.01. The zero-order valence-electron chi connectivity index (χ0n) is 17.6. The summed E-state index contributed by atoms with van der Waals surface area (Å²) in [6.45, 7) is 1.92. The van der Waals surface area contributed by atoms with Gasteiger partial charge in [0.2, 0.25) is 0 Å². The fourth-order valence-corrected chi connectivity index (χ4v) is 3.24. The van der Waals surface area contributed by atoms with E-state index in [4.69, 9.17) is 23.7 Å². The molecule has 1 heterocycles. The quantitative estimate of drug-likeness (QED) is 0.484. The molecular formula is C24H24O6. The van der Waals surface area contributed by atoms with Crippen LogP contribution in [-0.4, -0.2) is 34.2 Å².